The van der Waals surface area contributed by atoms with Crippen LogP contribution in [-0.2, 0) is 9.47 Å². The number of amides is 1. The molecule has 1 heterocycles. The minimum Gasteiger partial charge on any atom is -0.444 e. The molecule has 1 aliphatic rings. The van der Waals surface area contributed by atoms with E-state index in [1.807, 2.05) is 27.7 Å². The van der Waals surface area contributed by atoms with Crippen molar-refractivity contribution >= 4 is 6.09 Å². The van der Waals surface area contributed by atoms with Gasteiger partial charge >= 0.3 is 6.09 Å². The van der Waals surface area contributed by atoms with Gasteiger partial charge in [-0.1, -0.05) is 6.58 Å². The van der Waals surface area contributed by atoms with E-state index in [9.17, 15) is 4.79 Å². The summed E-state index contributed by atoms with van der Waals surface area (Å²) in [4.78, 5) is 13.5. The average Bonchev–Trinajstić information content (AvgIpc) is 2.25. The second kappa shape index (κ2) is 4.87. The standard InChI is InChI=1S/C12H21NO3/c1-9-6-13(7-10(2)15-8-9)11(14)16-12(3,4)5/h10H,1,6-8H2,2-5H3/t10-/m1/s1. The van der Waals surface area contributed by atoms with E-state index in [-0.39, 0.29) is 12.2 Å². The molecule has 1 rings (SSSR count). The third kappa shape index (κ3) is 4.23. The lowest BCUT2D eigenvalue weighted by Crippen LogP contribution is -2.40. The zero-order chi connectivity index (χ0) is 12.3. The van der Waals surface area contributed by atoms with Gasteiger partial charge in [-0.3, -0.25) is 0 Å². The smallest absolute Gasteiger partial charge is 0.410 e. The summed E-state index contributed by atoms with van der Waals surface area (Å²) in [6.45, 7) is 13.0. The van der Waals surface area contributed by atoms with Crippen LogP contribution in [0.15, 0.2) is 12.2 Å². The van der Waals surface area contributed by atoms with Crippen LogP contribution < -0.4 is 0 Å². The van der Waals surface area contributed by atoms with Crippen molar-refractivity contribution in [2.75, 3.05) is 19.7 Å². The van der Waals surface area contributed by atoms with Crippen molar-refractivity contribution in [2.24, 2.45) is 0 Å². The van der Waals surface area contributed by atoms with Gasteiger partial charge in [0.1, 0.15) is 5.60 Å². The summed E-state index contributed by atoms with van der Waals surface area (Å²) < 4.78 is 10.8. The lowest BCUT2D eigenvalue weighted by atomic mass is 10.2. The lowest BCUT2D eigenvalue weighted by Gasteiger charge is -2.27. The van der Waals surface area contributed by atoms with Crippen LogP contribution >= 0.6 is 0 Å². The highest BCUT2D eigenvalue weighted by molar-refractivity contribution is 5.68. The van der Waals surface area contributed by atoms with E-state index in [0.717, 1.165) is 5.57 Å². The van der Waals surface area contributed by atoms with E-state index in [0.29, 0.717) is 19.7 Å². The molecule has 0 aromatic heterocycles. The van der Waals surface area contributed by atoms with Gasteiger partial charge in [0.15, 0.2) is 0 Å². The minimum atomic E-state index is -0.463. The Morgan fingerprint density at radius 2 is 2.19 bits per heavy atom. The molecule has 1 amide bonds. The molecule has 4 heteroatoms. The number of hydrogen-bond donors (Lipinski definition) is 0. The number of ether oxygens (including phenoxy) is 2. The van der Waals surface area contributed by atoms with Crippen LogP contribution in [0.5, 0.6) is 0 Å². The number of hydrogen-bond acceptors (Lipinski definition) is 3. The van der Waals surface area contributed by atoms with Crippen molar-refractivity contribution < 1.29 is 14.3 Å². The quantitative estimate of drug-likeness (QED) is 0.595. The Kier molecular flexibility index (Phi) is 3.97. The number of carbonyl (C=O) groups is 1. The predicted octanol–water partition coefficient (Wildman–Crippen LogP) is 2.20. The predicted molar refractivity (Wildman–Crippen MR) is 62.4 cm³/mol. The van der Waals surface area contributed by atoms with Crippen molar-refractivity contribution in [2.45, 2.75) is 39.4 Å². The van der Waals surface area contributed by atoms with Gasteiger partial charge in [-0.05, 0) is 33.3 Å². The summed E-state index contributed by atoms with van der Waals surface area (Å²) in [6.07, 6.45) is -0.280. The molecule has 1 fully saturated rings. The molecule has 16 heavy (non-hydrogen) atoms. The molecule has 0 bridgehead atoms. The van der Waals surface area contributed by atoms with Gasteiger partial charge in [0.05, 0.1) is 19.3 Å². The molecule has 1 atom stereocenters. The SMILES string of the molecule is C=C1CO[C@H](C)CN(C(=O)OC(C)(C)C)C1. The topological polar surface area (TPSA) is 38.8 Å². The molecule has 1 aliphatic heterocycles. The van der Waals surface area contributed by atoms with Gasteiger partial charge < -0.3 is 14.4 Å². The molecule has 4 nitrogen and oxygen atoms in total. The maximum absolute atomic E-state index is 11.9. The summed E-state index contributed by atoms with van der Waals surface area (Å²) in [6, 6.07) is 0. The van der Waals surface area contributed by atoms with Crippen LogP contribution in [0.3, 0.4) is 0 Å². The lowest BCUT2D eigenvalue weighted by molar-refractivity contribution is 0.0172. The largest absolute Gasteiger partial charge is 0.444 e. The van der Waals surface area contributed by atoms with E-state index in [1.54, 1.807) is 4.90 Å². The highest BCUT2D eigenvalue weighted by Crippen LogP contribution is 2.14. The molecule has 0 unspecified atom stereocenters. The van der Waals surface area contributed by atoms with Crippen molar-refractivity contribution in [3.05, 3.63) is 12.2 Å². The van der Waals surface area contributed by atoms with Gasteiger partial charge in [0.2, 0.25) is 0 Å². The van der Waals surface area contributed by atoms with Crippen molar-refractivity contribution in [3.8, 4) is 0 Å². The Hall–Kier alpha value is -1.03. The van der Waals surface area contributed by atoms with Crippen molar-refractivity contribution in [3.63, 3.8) is 0 Å². The van der Waals surface area contributed by atoms with Gasteiger partial charge in [0, 0.05) is 6.54 Å². The van der Waals surface area contributed by atoms with Crippen LogP contribution in [-0.4, -0.2) is 42.4 Å². The van der Waals surface area contributed by atoms with Crippen LogP contribution in [0.25, 0.3) is 0 Å². The van der Waals surface area contributed by atoms with E-state index < -0.39 is 5.60 Å². The first-order valence-electron chi connectivity index (χ1n) is 5.54. The second-order valence-electron chi connectivity index (χ2n) is 5.23. The molecule has 0 saturated carbocycles. The van der Waals surface area contributed by atoms with E-state index in [4.69, 9.17) is 9.47 Å². The Bertz CT molecular complexity index is 280. The Morgan fingerprint density at radius 3 is 2.75 bits per heavy atom. The van der Waals surface area contributed by atoms with E-state index >= 15 is 0 Å². The first kappa shape index (κ1) is 13.0. The van der Waals surface area contributed by atoms with Crippen molar-refractivity contribution in [1.29, 1.82) is 0 Å². The Morgan fingerprint density at radius 1 is 1.56 bits per heavy atom. The molecule has 0 aromatic carbocycles. The second-order valence-corrected chi connectivity index (χ2v) is 5.23. The summed E-state index contributed by atoms with van der Waals surface area (Å²) in [5.74, 6) is 0. The monoisotopic (exact) mass is 227 g/mol. The third-order valence-corrected chi connectivity index (χ3v) is 2.12. The zero-order valence-electron chi connectivity index (χ0n) is 10.6. The molecule has 1 saturated heterocycles. The van der Waals surface area contributed by atoms with Crippen LogP contribution in [0.1, 0.15) is 27.7 Å². The Labute approximate surface area is 97.2 Å². The molecule has 0 aromatic rings. The molecule has 0 spiro atoms. The van der Waals surface area contributed by atoms with Gasteiger partial charge in [-0.15, -0.1) is 0 Å². The fourth-order valence-electron chi connectivity index (χ4n) is 1.47. The maximum atomic E-state index is 11.9. The average molecular weight is 227 g/mol. The molecular weight excluding hydrogens is 206 g/mol. The summed E-state index contributed by atoms with van der Waals surface area (Å²) in [5, 5.41) is 0. The molecule has 0 aliphatic carbocycles. The van der Waals surface area contributed by atoms with Gasteiger partial charge in [-0.25, -0.2) is 4.79 Å². The first-order chi connectivity index (χ1) is 7.28. The normalized spacial score (nSPS) is 22.9. The summed E-state index contributed by atoms with van der Waals surface area (Å²) >= 11 is 0. The minimum absolute atomic E-state index is 0.0202. The maximum Gasteiger partial charge on any atom is 0.410 e. The molecule has 92 valence electrons. The first-order valence-corrected chi connectivity index (χ1v) is 5.54. The molecule has 0 radical (unpaired) electrons. The van der Waals surface area contributed by atoms with E-state index in [1.165, 1.54) is 0 Å². The number of rotatable bonds is 0. The fraction of sp³-hybridized carbons (Fsp3) is 0.750. The highest BCUT2D eigenvalue weighted by Gasteiger charge is 2.26. The van der Waals surface area contributed by atoms with Crippen LogP contribution in [0.4, 0.5) is 4.79 Å². The van der Waals surface area contributed by atoms with Crippen LogP contribution in [0.2, 0.25) is 0 Å². The number of nitrogens with zero attached hydrogens (tertiary/aromatic N) is 1. The Balaban J connectivity index is 2.63. The summed E-state index contributed by atoms with van der Waals surface area (Å²) in [7, 11) is 0. The highest BCUT2D eigenvalue weighted by atomic mass is 16.6. The molecule has 0 N–H and O–H groups in total. The summed E-state index contributed by atoms with van der Waals surface area (Å²) in [5.41, 5.74) is 0.435. The van der Waals surface area contributed by atoms with E-state index in [2.05, 4.69) is 6.58 Å². The number of carbonyl (C=O) groups excluding carboxylic acids is 1. The van der Waals surface area contributed by atoms with Crippen LogP contribution in [0, 0.1) is 0 Å². The third-order valence-electron chi connectivity index (χ3n) is 2.12. The fourth-order valence-corrected chi connectivity index (χ4v) is 1.47. The van der Waals surface area contributed by atoms with Crippen molar-refractivity contribution in [1.82, 2.24) is 4.90 Å². The van der Waals surface area contributed by atoms with Gasteiger partial charge in [-0.2, -0.15) is 0 Å². The molecular formula is C12H21NO3. The zero-order valence-corrected chi connectivity index (χ0v) is 10.6. The van der Waals surface area contributed by atoms with Gasteiger partial charge in [0.25, 0.3) is 0 Å².